The largest absolute Gasteiger partial charge is 0.462 e. The average molecular weight is 473 g/mol. The molecule has 1 amide bonds. The Labute approximate surface area is 186 Å². The SMILES string of the molecule is CCOC(=O)c1cccc(NC(=O)[C@H](C)N(c2cc(Cl)ccc2Cl)S(C)(=O)=O)c1C. The molecular formula is C20H22Cl2N2O5S. The maximum absolute atomic E-state index is 12.9. The van der Waals surface area contributed by atoms with Crippen LogP contribution in [-0.2, 0) is 19.6 Å². The van der Waals surface area contributed by atoms with Crippen molar-refractivity contribution in [3.8, 4) is 0 Å². The van der Waals surface area contributed by atoms with Crippen LogP contribution in [0.25, 0.3) is 0 Å². The number of amides is 1. The highest BCUT2D eigenvalue weighted by Crippen LogP contribution is 2.32. The van der Waals surface area contributed by atoms with Crippen LogP contribution in [0.1, 0.15) is 29.8 Å². The number of carbonyl (C=O) groups is 2. The number of benzene rings is 2. The Bertz CT molecular complexity index is 1070. The Balaban J connectivity index is 2.39. The van der Waals surface area contributed by atoms with Crippen LogP contribution in [0, 0.1) is 6.92 Å². The van der Waals surface area contributed by atoms with Gasteiger partial charge in [0.25, 0.3) is 0 Å². The van der Waals surface area contributed by atoms with E-state index in [1.165, 1.54) is 25.1 Å². The maximum Gasteiger partial charge on any atom is 0.338 e. The monoisotopic (exact) mass is 472 g/mol. The van der Waals surface area contributed by atoms with Crippen LogP contribution in [0.2, 0.25) is 10.0 Å². The van der Waals surface area contributed by atoms with Crippen molar-refractivity contribution in [2.75, 3.05) is 22.5 Å². The van der Waals surface area contributed by atoms with Crippen LogP contribution >= 0.6 is 23.2 Å². The lowest BCUT2D eigenvalue weighted by Crippen LogP contribution is -2.45. The second-order valence-corrected chi connectivity index (χ2v) is 9.22. The summed E-state index contributed by atoms with van der Waals surface area (Å²) in [5, 5.41) is 3.08. The van der Waals surface area contributed by atoms with Crippen LogP contribution in [0.3, 0.4) is 0 Å². The molecule has 162 valence electrons. The van der Waals surface area contributed by atoms with E-state index in [1.807, 2.05) is 0 Å². The first-order chi connectivity index (χ1) is 14.0. The van der Waals surface area contributed by atoms with Gasteiger partial charge in [0, 0.05) is 10.7 Å². The molecule has 0 heterocycles. The molecule has 7 nitrogen and oxygen atoms in total. The fraction of sp³-hybridized carbons (Fsp3) is 0.300. The molecule has 2 aromatic carbocycles. The number of rotatable bonds is 7. The Hall–Kier alpha value is -2.29. The number of hydrogen-bond donors (Lipinski definition) is 1. The fourth-order valence-corrected chi connectivity index (χ4v) is 4.48. The van der Waals surface area contributed by atoms with E-state index in [2.05, 4.69) is 5.32 Å². The third kappa shape index (κ3) is 5.44. The minimum absolute atomic E-state index is 0.0892. The van der Waals surface area contributed by atoms with Crippen molar-refractivity contribution >= 4 is 56.5 Å². The van der Waals surface area contributed by atoms with Crippen molar-refractivity contribution in [2.24, 2.45) is 0 Å². The van der Waals surface area contributed by atoms with Crippen molar-refractivity contribution in [3.05, 3.63) is 57.6 Å². The molecule has 0 aliphatic carbocycles. The van der Waals surface area contributed by atoms with E-state index in [0.29, 0.717) is 16.8 Å². The van der Waals surface area contributed by atoms with E-state index in [4.69, 9.17) is 27.9 Å². The van der Waals surface area contributed by atoms with Crippen molar-refractivity contribution in [2.45, 2.75) is 26.8 Å². The number of hydrogen-bond acceptors (Lipinski definition) is 5. The fourth-order valence-electron chi connectivity index (χ4n) is 2.87. The van der Waals surface area contributed by atoms with Gasteiger partial charge in [0.05, 0.1) is 29.1 Å². The van der Waals surface area contributed by atoms with Gasteiger partial charge < -0.3 is 10.1 Å². The van der Waals surface area contributed by atoms with Crippen LogP contribution in [-0.4, -0.2) is 39.2 Å². The molecular weight excluding hydrogens is 451 g/mol. The normalized spacial score (nSPS) is 12.2. The molecule has 1 atom stereocenters. The predicted molar refractivity (Wildman–Crippen MR) is 119 cm³/mol. The van der Waals surface area contributed by atoms with Gasteiger partial charge in [0.2, 0.25) is 15.9 Å². The lowest BCUT2D eigenvalue weighted by Gasteiger charge is -2.29. The highest BCUT2D eigenvalue weighted by atomic mass is 35.5. The van der Waals surface area contributed by atoms with Gasteiger partial charge in [0.1, 0.15) is 6.04 Å². The topological polar surface area (TPSA) is 92.8 Å². The van der Waals surface area contributed by atoms with Crippen molar-refractivity contribution in [1.82, 2.24) is 0 Å². The number of anilines is 2. The van der Waals surface area contributed by atoms with Crippen molar-refractivity contribution < 1.29 is 22.7 Å². The van der Waals surface area contributed by atoms with E-state index >= 15 is 0 Å². The number of nitrogens with one attached hydrogen (secondary N) is 1. The highest BCUT2D eigenvalue weighted by Gasteiger charge is 2.31. The number of nitrogens with zero attached hydrogens (tertiary/aromatic N) is 1. The molecule has 0 saturated heterocycles. The zero-order valence-electron chi connectivity index (χ0n) is 16.9. The summed E-state index contributed by atoms with van der Waals surface area (Å²) < 4.78 is 30.8. The molecule has 10 heteroatoms. The molecule has 2 rings (SSSR count). The summed E-state index contributed by atoms with van der Waals surface area (Å²) in [5.41, 5.74) is 1.26. The summed E-state index contributed by atoms with van der Waals surface area (Å²) in [6.07, 6.45) is 0.973. The highest BCUT2D eigenvalue weighted by molar-refractivity contribution is 7.92. The predicted octanol–water partition coefficient (Wildman–Crippen LogP) is 4.27. The molecule has 0 aliphatic heterocycles. The Morgan fingerprint density at radius 1 is 1.20 bits per heavy atom. The lowest BCUT2D eigenvalue weighted by molar-refractivity contribution is -0.116. The summed E-state index contributed by atoms with van der Waals surface area (Å²) in [4.78, 5) is 25.0. The summed E-state index contributed by atoms with van der Waals surface area (Å²) >= 11 is 12.2. The maximum atomic E-state index is 12.9. The van der Waals surface area contributed by atoms with Crippen LogP contribution in [0.15, 0.2) is 36.4 Å². The summed E-state index contributed by atoms with van der Waals surface area (Å²) in [6, 6.07) is 7.99. The van der Waals surface area contributed by atoms with Gasteiger partial charge in [-0.1, -0.05) is 29.3 Å². The number of esters is 1. The number of sulfonamides is 1. The molecule has 0 spiro atoms. The Morgan fingerprint density at radius 2 is 1.87 bits per heavy atom. The van der Waals surface area contributed by atoms with Gasteiger partial charge >= 0.3 is 5.97 Å². The zero-order valence-corrected chi connectivity index (χ0v) is 19.2. The van der Waals surface area contributed by atoms with E-state index in [1.54, 1.807) is 32.0 Å². The van der Waals surface area contributed by atoms with Gasteiger partial charge in [-0.25, -0.2) is 13.2 Å². The molecule has 2 aromatic rings. The van der Waals surface area contributed by atoms with Gasteiger partial charge in [-0.15, -0.1) is 0 Å². The van der Waals surface area contributed by atoms with E-state index in [-0.39, 0.29) is 22.3 Å². The summed E-state index contributed by atoms with van der Waals surface area (Å²) in [5.74, 6) is -1.12. The molecule has 0 aromatic heterocycles. The second kappa shape index (κ2) is 9.68. The average Bonchev–Trinajstić information content (AvgIpc) is 2.65. The Morgan fingerprint density at radius 3 is 2.47 bits per heavy atom. The number of carbonyl (C=O) groups excluding carboxylic acids is 2. The minimum atomic E-state index is -3.88. The van der Waals surface area contributed by atoms with E-state index in [9.17, 15) is 18.0 Å². The van der Waals surface area contributed by atoms with Gasteiger partial charge in [-0.05, 0) is 56.7 Å². The number of ether oxygens (including phenoxy) is 1. The van der Waals surface area contributed by atoms with Crippen LogP contribution < -0.4 is 9.62 Å². The second-order valence-electron chi connectivity index (χ2n) is 6.52. The van der Waals surface area contributed by atoms with Crippen LogP contribution in [0.5, 0.6) is 0 Å². The van der Waals surface area contributed by atoms with Crippen LogP contribution in [0.4, 0.5) is 11.4 Å². The van der Waals surface area contributed by atoms with E-state index in [0.717, 1.165) is 10.6 Å². The molecule has 0 bridgehead atoms. The molecule has 0 aliphatic rings. The van der Waals surface area contributed by atoms with Crippen molar-refractivity contribution in [3.63, 3.8) is 0 Å². The lowest BCUT2D eigenvalue weighted by atomic mass is 10.1. The summed E-state index contributed by atoms with van der Waals surface area (Å²) in [7, 11) is -3.88. The number of halogens is 2. The quantitative estimate of drug-likeness (QED) is 0.607. The molecule has 30 heavy (non-hydrogen) atoms. The molecule has 0 saturated carbocycles. The first-order valence-electron chi connectivity index (χ1n) is 8.99. The van der Waals surface area contributed by atoms with Crippen molar-refractivity contribution in [1.29, 1.82) is 0 Å². The van der Waals surface area contributed by atoms with Gasteiger partial charge in [-0.3, -0.25) is 9.10 Å². The first kappa shape index (κ1) is 24.0. The molecule has 1 N–H and O–H groups in total. The Kier molecular flexibility index (Phi) is 7.74. The van der Waals surface area contributed by atoms with Gasteiger partial charge in [0.15, 0.2) is 0 Å². The zero-order chi connectivity index (χ0) is 22.6. The van der Waals surface area contributed by atoms with Gasteiger partial charge in [-0.2, -0.15) is 0 Å². The van der Waals surface area contributed by atoms with E-state index < -0.39 is 27.9 Å². The minimum Gasteiger partial charge on any atom is -0.462 e. The molecule has 0 fully saturated rings. The third-order valence-electron chi connectivity index (χ3n) is 4.32. The first-order valence-corrected chi connectivity index (χ1v) is 11.6. The third-order valence-corrected chi connectivity index (χ3v) is 6.10. The molecule has 0 unspecified atom stereocenters. The smallest absolute Gasteiger partial charge is 0.338 e. The summed E-state index contributed by atoms with van der Waals surface area (Å²) in [6.45, 7) is 5.00. The standard InChI is InChI=1S/C20H22Cl2N2O5S/c1-5-29-20(26)15-7-6-8-17(12(15)2)23-19(25)13(3)24(30(4,27)28)18-11-14(21)9-10-16(18)22/h6-11,13H,5H2,1-4H3,(H,23,25)/t13-/m0/s1. The molecule has 0 radical (unpaired) electrons.